The van der Waals surface area contributed by atoms with Gasteiger partial charge >= 0.3 is 6.09 Å². The Morgan fingerprint density at radius 1 is 1.55 bits per heavy atom. The van der Waals surface area contributed by atoms with Crippen molar-refractivity contribution >= 4 is 6.09 Å². The highest BCUT2D eigenvalue weighted by Gasteiger charge is 2.02. The number of carbonyl (C=O) groups excluding carboxylic acids is 1. The van der Waals surface area contributed by atoms with Gasteiger partial charge in [0.1, 0.15) is 0 Å². The maximum atomic E-state index is 10.7. The van der Waals surface area contributed by atoms with E-state index in [0.717, 1.165) is 0 Å². The monoisotopic (exact) mass is 160 g/mol. The molecular weight excluding hydrogens is 146 g/mol. The van der Waals surface area contributed by atoms with Crippen LogP contribution in [-0.4, -0.2) is 25.3 Å². The van der Waals surface area contributed by atoms with Crippen LogP contribution in [0.25, 0.3) is 0 Å². The maximum absolute atomic E-state index is 10.7. The molecule has 0 aliphatic rings. The minimum absolute atomic E-state index is 0.109. The van der Waals surface area contributed by atoms with Crippen molar-refractivity contribution in [1.29, 1.82) is 0 Å². The van der Waals surface area contributed by atoms with Crippen LogP contribution >= 0.6 is 0 Å². The molecule has 0 saturated heterocycles. The van der Waals surface area contributed by atoms with E-state index in [4.69, 9.17) is 4.74 Å². The Labute approximate surface area is 66.5 Å². The van der Waals surface area contributed by atoms with E-state index in [0.29, 0.717) is 13.0 Å². The summed E-state index contributed by atoms with van der Waals surface area (Å²) >= 11 is 0. The predicted octanol–water partition coefficient (Wildman–Crippen LogP) is 0.942. The highest BCUT2D eigenvalue weighted by Crippen LogP contribution is 1.87. The molecule has 0 saturated carbocycles. The molecule has 11 heavy (non-hydrogen) atoms. The van der Waals surface area contributed by atoms with Crippen LogP contribution in [0.15, 0.2) is 0 Å². The van der Waals surface area contributed by atoms with Gasteiger partial charge in [-0.3, -0.25) is 0 Å². The van der Waals surface area contributed by atoms with Crippen molar-refractivity contribution in [2.75, 3.05) is 13.2 Å². The summed E-state index contributed by atoms with van der Waals surface area (Å²) in [5.41, 5.74) is 0. The van der Waals surface area contributed by atoms with Crippen LogP contribution in [0.2, 0.25) is 0 Å². The molecule has 0 unspecified atom stereocenters. The SMILES string of the molecule is CC(C)OC(=O)NCCC[O]. The molecule has 1 N–H and O–H groups in total. The van der Waals surface area contributed by atoms with Gasteiger partial charge < -0.3 is 10.1 Å². The fraction of sp³-hybridized carbons (Fsp3) is 0.857. The predicted molar refractivity (Wildman–Crippen MR) is 39.8 cm³/mol. The molecule has 0 aliphatic carbocycles. The van der Waals surface area contributed by atoms with Gasteiger partial charge in [-0.2, -0.15) is 0 Å². The van der Waals surface area contributed by atoms with Gasteiger partial charge in [0.2, 0.25) is 0 Å². The molecule has 0 spiro atoms. The van der Waals surface area contributed by atoms with E-state index in [1.54, 1.807) is 13.8 Å². The molecule has 0 bridgehead atoms. The maximum Gasteiger partial charge on any atom is 0.407 e. The molecule has 65 valence electrons. The fourth-order valence-corrected chi connectivity index (χ4v) is 0.518. The minimum atomic E-state index is -0.451. The molecule has 0 atom stereocenters. The van der Waals surface area contributed by atoms with Gasteiger partial charge in [0.25, 0.3) is 0 Å². The highest BCUT2D eigenvalue weighted by atomic mass is 16.6. The molecule has 0 rings (SSSR count). The molecule has 0 aromatic carbocycles. The summed E-state index contributed by atoms with van der Waals surface area (Å²) in [6, 6.07) is 0. The van der Waals surface area contributed by atoms with Crippen LogP contribution in [0.1, 0.15) is 20.3 Å². The first-order chi connectivity index (χ1) is 5.16. The Kier molecular flexibility index (Phi) is 5.56. The zero-order valence-corrected chi connectivity index (χ0v) is 6.92. The van der Waals surface area contributed by atoms with Gasteiger partial charge in [0.15, 0.2) is 0 Å². The third-order valence-corrected chi connectivity index (χ3v) is 0.933. The molecule has 0 heterocycles. The van der Waals surface area contributed by atoms with Gasteiger partial charge in [-0.15, -0.1) is 0 Å². The third kappa shape index (κ3) is 7.12. The molecule has 1 radical (unpaired) electrons. The molecular formula is C7H14NO3. The van der Waals surface area contributed by atoms with Crippen molar-refractivity contribution in [3.63, 3.8) is 0 Å². The van der Waals surface area contributed by atoms with Gasteiger partial charge in [-0.1, -0.05) is 0 Å². The summed E-state index contributed by atoms with van der Waals surface area (Å²) in [6.45, 7) is 3.78. The first kappa shape index (κ1) is 10.2. The van der Waals surface area contributed by atoms with E-state index in [-0.39, 0.29) is 12.7 Å². The lowest BCUT2D eigenvalue weighted by Crippen LogP contribution is -2.27. The van der Waals surface area contributed by atoms with Crippen molar-refractivity contribution in [2.45, 2.75) is 26.4 Å². The molecule has 1 amide bonds. The number of hydrogen-bond donors (Lipinski definition) is 1. The average Bonchev–Trinajstić information content (AvgIpc) is 1.86. The zero-order valence-electron chi connectivity index (χ0n) is 6.92. The second kappa shape index (κ2) is 5.97. The van der Waals surface area contributed by atoms with Gasteiger partial charge in [0, 0.05) is 6.54 Å². The summed E-state index contributed by atoms with van der Waals surface area (Å²) in [5.74, 6) is 0. The lowest BCUT2D eigenvalue weighted by atomic mass is 10.4. The van der Waals surface area contributed by atoms with Gasteiger partial charge in [0.05, 0.1) is 12.7 Å². The Hall–Kier alpha value is -0.770. The van der Waals surface area contributed by atoms with Crippen molar-refractivity contribution in [2.24, 2.45) is 0 Å². The lowest BCUT2D eigenvalue weighted by Gasteiger charge is -2.08. The summed E-state index contributed by atoms with van der Waals surface area (Å²) in [6.07, 6.45) is -0.108. The van der Waals surface area contributed by atoms with Gasteiger partial charge in [-0.25, -0.2) is 9.90 Å². The number of nitrogens with one attached hydrogen (secondary N) is 1. The van der Waals surface area contributed by atoms with Crippen LogP contribution in [-0.2, 0) is 9.84 Å². The first-order valence-electron chi connectivity index (χ1n) is 3.69. The van der Waals surface area contributed by atoms with Crippen molar-refractivity contribution in [1.82, 2.24) is 5.32 Å². The quantitative estimate of drug-likeness (QED) is 0.622. The molecule has 4 nitrogen and oxygen atoms in total. The zero-order chi connectivity index (χ0) is 8.69. The normalized spacial score (nSPS) is 9.82. The summed E-state index contributed by atoms with van der Waals surface area (Å²) < 4.78 is 4.74. The van der Waals surface area contributed by atoms with Crippen molar-refractivity contribution < 1.29 is 14.6 Å². The second-order valence-electron chi connectivity index (χ2n) is 2.44. The fourth-order valence-electron chi connectivity index (χ4n) is 0.518. The van der Waals surface area contributed by atoms with E-state index in [1.165, 1.54) is 0 Å². The Morgan fingerprint density at radius 2 is 2.18 bits per heavy atom. The molecule has 0 aliphatic heterocycles. The first-order valence-corrected chi connectivity index (χ1v) is 3.69. The van der Waals surface area contributed by atoms with Crippen molar-refractivity contribution in [3.05, 3.63) is 0 Å². The number of hydrogen-bond acceptors (Lipinski definition) is 2. The van der Waals surface area contributed by atoms with Gasteiger partial charge in [-0.05, 0) is 20.3 Å². The van der Waals surface area contributed by atoms with Crippen LogP contribution in [0, 0.1) is 0 Å². The molecule has 0 aromatic rings. The van der Waals surface area contributed by atoms with E-state index in [9.17, 15) is 9.90 Å². The Morgan fingerprint density at radius 3 is 2.64 bits per heavy atom. The van der Waals surface area contributed by atoms with Crippen LogP contribution < -0.4 is 5.32 Å². The number of amides is 1. The average molecular weight is 160 g/mol. The number of ether oxygens (including phenoxy) is 1. The largest absolute Gasteiger partial charge is 0.447 e. The van der Waals surface area contributed by atoms with E-state index in [2.05, 4.69) is 5.32 Å². The minimum Gasteiger partial charge on any atom is -0.447 e. The topological polar surface area (TPSA) is 58.2 Å². The summed E-state index contributed by atoms with van der Waals surface area (Å²) in [4.78, 5) is 10.7. The number of carbonyl (C=O) groups is 1. The van der Waals surface area contributed by atoms with E-state index in [1.807, 2.05) is 0 Å². The Bertz CT molecular complexity index is 114. The van der Waals surface area contributed by atoms with E-state index < -0.39 is 6.09 Å². The van der Waals surface area contributed by atoms with Crippen LogP contribution in [0.3, 0.4) is 0 Å². The molecule has 4 heteroatoms. The van der Waals surface area contributed by atoms with E-state index >= 15 is 0 Å². The van der Waals surface area contributed by atoms with Crippen LogP contribution in [0.5, 0.6) is 0 Å². The molecule has 0 aromatic heterocycles. The number of alkyl carbamates (subject to hydrolysis) is 1. The smallest absolute Gasteiger partial charge is 0.407 e. The highest BCUT2D eigenvalue weighted by molar-refractivity contribution is 5.67. The summed E-state index contributed by atoms with van der Waals surface area (Å²) in [5, 5.41) is 12.4. The standard InChI is InChI=1S/C7H14NO3/c1-6(2)11-7(10)8-4-3-5-9/h6H,3-5H2,1-2H3,(H,8,10). The summed E-state index contributed by atoms with van der Waals surface area (Å²) in [7, 11) is 0. The second-order valence-corrected chi connectivity index (χ2v) is 2.44. The van der Waals surface area contributed by atoms with Crippen LogP contribution in [0.4, 0.5) is 4.79 Å². The number of rotatable bonds is 4. The third-order valence-electron chi connectivity index (χ3n) is 0.933. The molecule has 0 fully saturated rings. The van der Waals surface area contributed by atoms with Crippen molar-refractivity contribution in [3.8, 4) is 0 Å². The Balaban J connectivity index is 3.23. The lowest BCUT2D eigenvalue weighted by molar-refractivity contribution is 0.114.